The highest BCUT2D eigenvalue weighted by Crippen LogP contribution is 2.21. The maximum absolute atomic E-state index is 12.9. The third-order valence-electron chi connectivity index (χ3n) is 5.61. The van der Waals surface area contributed by atoms with Gasteiger partial charge in [0.2, 0.25) is 5.91 Å². The summed E-state index contributed by atoms with van der Waals surface area (Å²) in [7, 11) is 0. The lowest BCUT2D eigenvalue weighted by atomic mass is 9.96. The molecule has 2 saturated heterocycles. The first-order chi connectivity index (χ1) is 13.1. The number of β-amino-alcohol motifs (C(OH)–C–C–N with tert-alkyl or cyclic N) is 1. The Morgan fingerprint density at radius 3 is 2.96 bits per heavy atom. The number of nitrogens with one attached hydrogen (secondary N) is 3. The Balaban J connectivity index is 0.00000225. The molecule has 3 unspecified atom stereocenters. The number of piperidine rings is 1. The molecule has 3 atom stereocenters. The Kier molecular flexibility index (Phi) is 6.53. The van der Waals surface area contributed by atoms with Crippen LogP contribution in [-0.4, -0.2) is 70.8 Å². The van der Waals surface area contributed by atoms with Gasteiger partial charge in [0.05, 0.1) is 23.7 Å². The molecule has 0 radical (unpaired) electrons. The van der Waals surface area contributed by atoms with E-state index in [1.165, 1.54) is 0 Å². The Labute approximate surface area is 169 Å². The second-order valence-electron chi connectivity index (χ2n) is 7.49. The smallest absolute Gasteiger partial charge is 0.253 e. The average molecular weight is 408 g/mol. The first-order valence-corrected chi connectivity index (χ1v) is 9.50. The minimum atomic E-state index is -0.410. The van der Waals surface area contributed by atoms with E-state index in [-0.39, 0.29) is 36.1 Å². The number of likely N-dealkylation sites (tertiary alicyclic amines) is 1. The Hall–Kier alpha value is -2.16. The molecule has 3 heterocycles. The lowest BCUT2D eigenvalue weighted by molar-refractivity contribution is -0.126. The van der Waals surface area contributed by atoms with Crippen LogP contribution in [0.2, 0.25) is 0 Å². The van der Waals surface area contributed by atoms with E-state index in [9.17, 15) is 14.7 Å². The fourth-order valence-electron chi connectivity index (χ4n) is 3.94. The van der Waals surface area contributed by atoms with Crippen molar-refractivity contribution < 1.29 is 14.7 Å². The van der Waals surface area contributed by atoms with E-state index < -0.39 is 6.10 Å². The molecule has 0 saturated carbocycles. The van der Waals surface area contributed by atoms with Gasteiger partial charge in [0.1, 0.15) is 0 Å². The maximum atomic E-state index is 12.9. The quantitative estimate of drug-likeness (QED) is 0.591. The number of rotatable bonds is 4. The number of nitrogens with zero attached hydrogens (tertiary/aromatic N) is 2. The molecule has 2 aliphatic rings. The minimum absolute atomic E-state index is 0. The molecule has 28 heavy (non-hydrogen) atoms. The number of carbonyl (C=O) groups excluding carboxylic acids is 2. The maximum Gasteiger partial charge on any atom is 0.253 e. The van der Waals surface area contributed by atoms with E-state index in [1.807, 2.05) is 12.1 Å². The van der Waals surface area contributed by atoms with Crippen molar-refractivity contribution in [3.8, 4) is 0 Å². The molecule has 0 aliphatic carbocycles. The van der Waals surface area contributed by atoms with E-state index in [4.69, 9.17) is 0 Å². The number of hydrogen-bond donors (Lipinski definition) is 4. The molecule has 0 bridgehead atoms. The zero-order valence-corrected chi connectivity index (χ0v) is 16.4. The molecule has 4 N–H and O–H groups in total. The van der Waals surface area contributed by atoms with Crippen LogP contribution in [0.25, 0.3) is 10.9 Å². The van der Waals surface area contributed by atoms with Crippen molar-refractivity contribution in [1.29, 1.82) is 0 Å². The fraction of sp³-hybridized carbons (Fsp3) is 0.526. The molecule has 2 aromatic rings. The van der Waals surface area contributed by atoms with Crippen molar-refractivity contribution >= 4 is 35.1 Å². The van der Waals surface area contributed by atoms with Gasteiger partial charge in [-0.15, -0.1) is 12.4 Å². The van der Waals surface area contributed by atoms with Gasteiger partial charge in [0, 0.05) is 49.6 Å². The van der Waals surface area contributed by atoms with Crippen molar-refractivity contribution in [2.45, 2.75) is 18.9 Å². The van der Waals surface area contributed by atoms with Gasteiger partial charge < -0.3 is 20.6 Å². The van der Waals surface area contributed by atoms with E-state index >= 15 is 0 Å². The van der Waals surface area contributed by atoms with Crippen LogP contribution in [0, 0.1) is 11.8 Å². The Bertz CT molecular complexity index is 842. The molecule has 1 aromatic carbocycles. The number of aromatic amines is 1. The summed E-state index contributed by atoms with van der Waals surface area (Å²) in [4.78, 5) is 27.2. The molecule has 9 heteroatoms. The summed E-state index contributed by atoms with van der Waals surface area (Å²) in [6.45, 7) is 2.85. The number of halogens is 1. The number of carbonyl (C=O) groups is 2. The second-order valence-corrected chi connectivity index (χ2v) is 7.49. The number of benzene rings is 1. The van der Waals surface area contributed by atoms with E-state index in [0.717, 1.165) is 23.7 Å². The highest BCUT2D eigenvalue weighted by molar-refractivity contribution is 5.98. The van der Waals surface area contributed by atoms with Gasteiger partial charge in [0.25, 0.3) is 5.91 Å². The number of hydrogen-bond acceptors (Lipinski definition) is 5. The van der Waals surface area contributed by atoms with E-state index in [0.29, 0.717) is 38.3 Å². The minimum Gasteiger partial charge on any atom is -0.391 e. The second kappa shape index (κ2) is 8.89. The Morgan fingerprint density at radius 1 is 1.32 bits per heavy atom. The predicted molar refractivity (Wildman–Crippen MR) is 107 cm³/mol. The highest BCUT2D eigenvalue weighted by atomic mass is 35.5. The standard InChI is InChI=1S/C19H25N5O3.ClH/c25-17-10-20-7-15(17)8-21-18(26)13-2-1-5-24(11-13)19(27)12-3-4-16-14(6-12)9-22-23-16;/h3-4,6,9,13,15,17,20,25H,1-2,5,7-8,10-11H2,(H,21,26)(H,22,23);1H. The number of aromatic nitrogens is 2. The van der Waals surface area contributed by atoms with Gasteiger partial charge in [-0.2, -0.15) is 5.10 Å². The van der Waals surface area contributed by atoms with Crippen LogP contribution < -0.4 is 10.6 Å². The van der Waals surface area contributed by atoms with Crippen LogP contribution in [0.3, 0.4) is 0 Å². The van der Waals surface area contributed by atoms with Crippen molar-refractivity contribution in [3.63, 3.8) is 0 Å². The summed E-state index contributed by atoms with van der Waals surface area (Å²) >= 11 is 0. The fourth-order valence-corrected chi connectivity index (χ4v) is 3.94. The van der Waals surface area contributed by atoms with Gasteiger partial charge >= 0.3 is 0 Å². The third kappa shape index (κ3) is 4.29. The largest absolute Gasteiger partial charge is 0.391 e. The van der Waals surface area contributed by atoms with Gasteiger partial charge in [0.15, 0.2) is 0 Å². The molecule has 0 spiro atoms. The molecule has 4 rings (SSSR count). The number of aliphatic hydroxyl groups excluding tert-OH is 1. The average Bonchev–Trinajstić information content (AvgIpc) is 3.33. The third-order valence-corrected chi connectivity index (χ3v) is 5.61. The molecule has 2 fully saturated rings. The first-order valence-electron chi connectivity index (χ1n) is 9.50. The lowest BCUT2D eigenvalue weighted by Gasteiger charge is -2.32. The van der Waals surface area contributed by atoms with E-state index in [1.54, 1.807) is 17.2 Å². The zero-order valence-electron chi connectivity index (χ0n) is 15.6. The van der Waals surface area contributed by atoms with E-state index in [2.05, 4.69) is 20.8 Å². The molecular formula is C19H26ClN5O3. The zero-order chi connectivity index (χ0) is 18.8. The van der Waals surface area contributed by atoms with Crippen LogP contribution in [-0.2, 0) is 4.79 Å². The monoisotopic (exact) mass is 407 g/mol. The molecule has 2 aliphatic heterocycles. The lowest BCUT2D eigenvalue weighted by Crippen LogP contribution is -2.46. The summed E-state index contributed by atoms with van der Waals surface area (Å²) in [5.41, 5.74) is 1.51. The van der Waals surface area contributed by atoms with Crippen LogP contribution in [0.5, 0.6) is 0 Å². The van der Waals surface area contributed by atoms with Gasteiger partial charge in [-0.05, 0) is 31.0 Å². The summed E-state index contributed by atoms with van der Waals surface area (Å²) in [6, 6.07) is 5.48. The molecule has 2 amide bonds. The van der Waals surface area contributed by atoms with Gasteiger partial charge in [-0.25, -0.2) is 0 Å². The predicted octanol–water partition coefficient (Wildman–Crippen LogP) is 0.533. The summed E-state index contributed by atoms with van der Waals surface area (Å²) in [6.07, 6.45) is 2.88. The normalized spacial score (nSPS) is 24.8. The van der Waals surface area contributed by atoms with Crippen LogP contribution in [0.4, 0.5) is 0 Å². The highest BCUT2D eigenvalue weighted by Gasteiger charge is 2.30. The first kappa shape index (κ1) is 20.6. The molecule has 152 valence electrons. The van der Waals surface area contributed by atoms with Gasteiger partial charge in [-0.1, -0.05) is 0 Å². The number of aliphatic hydroxyl groups is 1. The summed E-state index contributed by atoms with van der Waals surface area (Å²) < 4.78 is 0. The molecular weight excluding hydrogens is 382 g/mol. The number of H-pyrrole nitrogens is 1. The Morgan fingerprint density at radius 2 is 2.18 bits per heavy atom. The molecule has 1 aromatic heterocycles. The SMILES string of the molecule is Cl.O=C(NCC1CNCC1O)C1CCCN(C(=O)c2ccc3[nH]ncc3c2)C1. The number of fused-ring (bicyclic) bond motifs is 1. The van der Waals surface area contributed by atoms with Crippen molar-refractivity contribution in [3.05, 3.63) is 30.0 Å². The molecule has 8 nitrogen and oxygen atoms in total. The topological polar surface area (TPSA) is 110 Å². The van der Waals surface area contributed by atoms with Crippen molar-refractivity contribution in [2.24, 2.45) is 11.8 Å². The van der Waals surface area contributed by atoms with Crippen molar-refractivity contribution in [2.75, 3.05) is 32.7 Å². The van der Waals surface area contributed by atoms with Crippen molar-refractivity contribution in [1.82, 2.24) is 25.7 Å². The van der Waals surface area contributed by atoms with Crippen LogP contribution in [0.15, 0.2) is 24.4 Å². The summed E-state index contributed by atoms with van der Waals surface area (Å²) in [5.74, 6) is -0.230. The van der Waals surface area contributed by atoms with Gasteiger partial charge in [-0.3, -0.25) is 14.7 Å². The summed E-state index contributed by atoms with van der Waals surface area (Å²) in [5, 5.41) is 23.7. The van der Waals surface area contributed by atoms with Crippen LogP contribution >= 0.6 is 12.4 Å². The number of amides is 2. The van der Waals surface area contributed by atoms with Crippen LogP contribution in [0.1, 0.15) is 23.2 Å².